The van der Waals surface area contributed by atoms with Crippen LogP contribution in [0.1, 0.15) is 31.9 Å². The van der Waals surface area contributed by atoms with Gasteiger partial charge in [-0.2, -0.15) is 0 Å². The van der Waals surface area contributed by atoms with Gasteiger partial charge in [-0.05, 0) is 31.0 Å². The topological polar surface area (TPSA) is 21.3 Å². The summed E-state index contributed by atoms with van der Waals surface area (Å²) >= 11 is 5.99. The number of ether oxygens (including phenoxy) is 1. The lowest BCUT2D eigenvalue weighted by molar-refractivity contribution is 0.166. The first-order valence-corrected chi connectivity index (χ1v) is 6.05. The molecular weight excluding hydrogens is 222 g/mol. The molecule has 1 aromatic rings. The van der Waals surface area contributed by atoms with Gasteiger partial charge in [-0.25, -0.2) is 0 Å². The van der Waals surface area contributed by atoms with E-state index >= 15 is 0 Å². The number of rotatable bonds is 6. The van der Waals surface area contributed by atoms with E-state index in [-0.39, 0.29) is 0 Å². The molecule has 1 N–H and O–H groups in total. The molecule has 0 aromatic heterocycles. The van der Waals surface area contributed by atoms with Gasteiger partial charge in [0.2, 0.25) is 0 Å². The average Bonchev–Trinajstić information content (AvgIpc) is 2.26. The summed E-state index contributed by atoms with van der Waals surface area (Å²) in [5.74, 6) is 0. The van der Waals surface area contributed by atoms with Gasteiger partial charge in [-0.3, -0.25) is 0 Å². The largest absolute Gasteiger partial charge is 0.383 e. The van der Waals surface area contributed by atoms with Gasteiger partial charge in [0.05, 0.1) is 6.61 Å². The molecule has 2 atom stereocenters. The summed E-state index contributed by atoms with van der Waals surface area (Å²) in [7, 11) is 1.72. The lowest BCUT2D eigenvalue weighted by Crippen LogP contribution is -2.33. The molecule has 0 heterocycles. The molecule has 0 aliphatic heterocycles. The summed E-state index contributed by atoms with van der Waals surface area (Å²) < 4.78 is 5.12. The minimum absolute atomic E-state index is 0.337. The third kappa shape index (κ3) is 4.12. The molecule has 0 saturated heterocycles. The molecule has 3 heteroatoms. The molecule has 1 aromatic carbocycles. The lowest BCUT2D eigenvalue weighted by atomic mass is 10.0. The summed E-state index contributed by atoms with van der Waals surface area (Å²) in [4.78, 5) is 0. The first kappa shape index (κ1) is 13.5. The molecule has 0 aliphatic rings. The second-order valence-corrected chi connectivity index (χ2v) is 4.48. The van der Waals surface area contributed by atoms with Crippen molar-refractivity contribution < 1.29 is 4.74 Å². The fourth-order valence-corrected chi connectivity index (χ4v) is 2.01. The van der Waals surface area contributed by atoms with Crippen molar-refractivity contribution in [3.63, 3.8) is 0 Å². The molecule has 0 bridgehead atoms. The van der Waals surface area contributed by atoms with Gasteiger partial charge in [0.1, 0.15) is 0 Å². The van der Waals surface area contributed by atoms with Gasteiger partial charge >= 0.3 is 0 Å². The van der Waals surface area contributed by atoms with Crippen LogP contribution in [-0.2, 0) is 4.74 Å². The number of methoxy groups -OCH3 is 1. The first-order chi connectivity index (χ1) is 7.67. The summed E-state index contributed by atoms with van der Waals surface area (Å²) in [5.41, 5.74) is 1.23. The zero-order valence-corrected chi connectivity index (χ0v) is 10.9. The maximum Gasteiger partial charge on any atom is 0.0613 e. The highest BCUT2D eigenvalue weighted by Crippen LogP contribution is 2.20. The summed E-state index contributed by atoms with van der Waals surface area (Å²) in [5, 5.41) is 4.32. The van der Waals surface area contributed by atoms with Gasteiger partial charge in [0.25, 0.3) is 0 Å². The zero-order valence-electron chi connectivity index (χ0n) is 10.2. The average molecular weight is 242 g/mol. The van der Waals surface area contributed by atoms with Crippen LogP contribution in [0.2, 0.25) is 5.02 Å². The Kier molecular flexibility index (Phi) is 5.81. The maximum absolute atomic E-state index is 5.99. The van der Waals surface area contributed by atoms with Crippen molar-refractivity contribution in [2.24, 2.45) is 0 Å². The third-order valence-electron chi connectivity index (χ3n) is 2.56. The minimum atomic E-state index is 0.337. The normalized spacial score (nSPS) is 14.8. The van der Waals surface area contributed by atoms with Crippen LogP contribution in [0.15, 0.2) is 24.3 Å². The molecule has 2 unspecified atom stereocenters. The van der Waals surface area contributed by atoms with E-state index in [0.29, 0.717) is 12.1 Å². The molecule has 2 nitrogen and oxygen atoms in total. The van der Waals surface area contributed by atoms with Gasteiger partial charge in [-0.1, -0.05) is 30.7 Å². The van der Waals surface area contributed by atoms with Crippen LogP contribution in [0.25, 0.3) is 0 Å². The smallest absolute Gasteiger partial charge is 0.0613 e. The van der Waals surface area contributed by atoms with Crippen LogP contribution in [-0.4, -0.2) is 19.8 Å². The fraction of sp³-hybridized carbons (Fsp3) is 0.538. The summed E-state index contributed by atoms with van der Waals surface area (Å²) in [6, 6.07) is 8.69. The Balaban J connectivity index is 2.67. The molecule has 16 heavy (non-hydrogen) atoms. The van der Waals surface area contributed by atoms with Crippen LogP contribution in [0.3, 0.4) is 0 Å². The first-order valence-electron chi connectivity index (χ1n) is 5.67. The molecule has 0 amide bonds. The lowest BCUT2D eigenvalue weighted by Gasteiger charge is -2.22. The maximum atomic E-state index is 5.99. The van der Waals surface area contributed by atoms with E-state index in [0.717, 1.165) is 18.1 Å². The molecule has 1 rings (SSSR count). The summed E-state index contributed by atoms with van der Waals surface area (Å²) in [6.07, 6.45) is 1.04. The second-order valence-electron chi connectivity index (χ2n) is 4.04. The Bertz CT molecular complexity index is 317. The summed E-state index contributed by atoms with van der Waals surface area (Å²) in [6.45, 7) is 5.01. The van der Waals surface area contributed by atoms with Crippen molar-refractivity contribution in [1.29, 1.82) is 0 Å². The van der Waals surface area contributed by atoms with Gasteiger partial charge in [0.15, 0.2) is 0 Å². The Morgan fingerprint density at radius 1 is 1.44 bits per heavy atom. The zero-order chi connectivity index (χ0) is 12.0. The van der Waals surface area contributed by atoms with Crippen molar-refractivity contribution in [1.82, 2.24) is 5.32 Å². The quantitative estimate of drug-likeness (QED) is 0.824. The van der Waals surface area contributed by atoms with Gasteiger partial charge in [-0.15, -0.1) is 0 Å². The predicted octanol–water partition coefficient (Wildman–Crippen LogP) is 3.42. The molecule has 0 saturated carbocycles. The van der Waals surface area contributed by atoms with E-state index in [1.807, 2.05) is 18.2 Å². The number of benzene rings is 1. The van der Waals surface area contributed by atoms with Crippen molar-refractivity contribution in [2.45, 2.75) is 32.4 Å². The van der Waals surface area contributed by atoms with Crippen molar-refractivity contribution in [3.05, 3.63) is 34.9 Å². The van der Waals surface area contributed by atoms with Crippen LogP contribution in [0.5, 0.6) is 0 Å². The predicted molar refractivity (Wildman–Crippen MR) is 69.0 cm³/mol. The van der Waals surface area contributed by atoms with Crippen LogP contribution >= 0.6 is 11.6 Å². The Hall–Kier alpha value is -0.570. The van der Waals surface area contributed by atoms with E-state index in [9.17, 15) is 0 Å². The second kappa shape index (κ2) is 6.89. The molecule has 0 spiro atoms. The van der Waals surface area contributed by atoms with E-state index in [2.05, 4.69) is 25.2 Å². The molecular formula is C13H20ClNO. The Morgan fingerprint density at radius 2 is 2.19 bits per heavy atom. The Morgan fingerprint density at radius 3 is 2.75 bits per heavy atom. The number of hydrogen-bond donors (Lipinski definition) is 1. The molecule has 0 aliphatic carbocycles. The van der Waals surface area contributed by atoms with E-state index in [4.69, 9.17) is 16.3 Å². The number of hydrogen-bond acceptors (Lipinski definition) is 2. The highest BCUT2D eigenvalue weighted by Gasteiger charge is 2.12. The Labute approximate surface area is 103 Å². The van der Waals surface area contributed by atoms with E-state index in [1.165, 1.54) is 5.56 Å². The standard InChI is InChI=1S/C13H20ClNO/c1-4-13(15-10(2)9-16-3)11-6-5-7-12(14)8-11/h5-8,10,13,15H,4,9H2,1-3H3. The fourth-order valence-electron chi connectivity index (χ4n) is 1.81. The van der Waals surface area contributed by atoms with E-state index < -0.39 is 0 Å². The SMILES string of the molecule is CCC(NC(C)COC)c1cccc(Cl)c1. The highest BCUT2D eigenvalue weighted by molar-refractivity contribution is 6.30. The molecule has 0 radical (unpaired) electrons. The van der Waals surface area contributed by atoms with Crippen molar-refractivity contribution in [2.75, 3.05) is 13.7 Å². The van der Waals surface area contributed by atoms with Crippen LogP contribution < -0.4 is 5.32 Å². The number of nitrogens with one attached hydrogen (secondary N) is 1. The van der Waals surface area contributed by atoms with Gasteiger partial charge < -0.3 is 10.1 Å². The van der Waals surface area contributed by atoms with Crippen LogP contribution in [0, 0.1) is 0 Å². The highest BCUT2D eigenvalue weighted by atomic mass is 35.5. The third-order valence-corrected chi connectivity index (χ3v) is 2.80. The molecule has 90 valence electrons. The molecule has 0 fully saturated rings. The number of halogens is 1. The van der Waals surface area contributed by atoms with Crippen molar-refractivity contribution in [3.8, 4) is 0 Å². The van der Waals surface area contributed by atoms with Crippen LogP contribution in [0.4, 0.5) is 0 Å². The van der Waals surface area contributed by atoms with Crippen molar-refractivity contribution >= 4 is 11.6 Å². The monoisotopic (exact) mass is 241 g/mol. The van der Waals surface area contributed by atoms with E-state index in [1.54, 1.807) is 7.11 Å². The minimum Gasteiger partial charge on any atom is -0.383 e. The van der Waals surface area contributed by atoms with Gasteiger partial charge in [0, 0.05) is 24.2 Å².